The van der Waals surface area contributed by atoms with E-state index in [1.54, 1.807) is 6.92 Å². The van der Waals surface area contributed by atoms with Crippen LogP contribution in [0.1, 0.15) is 47.0 Å². The molecule has 17 heavy (non-hydrogen) atoms. The Labute approximate surface area is 102 Å². The van der Waals surface area contributed by atoms with E-state index in [0.29, 0.717) is 25.2 Å². The quantitative estimate of drug-likeness (QED) is 0.507. The molecule has 0 aliphatic heterocycles. The maximum Gasteiger partial charge on any atom is 0.306 e. The van der Waals surface area contributed by atoms with Gasteiger partial charge < -0.3 is 4.74 Å². The molecule has 0 saturated carbocycles. The van der Waals surface area contributed by atoms with Crippen molar-refractivity contribution in [2.45, 2.75) is 59.2 Å². The van der Waals surface area contributed by atoms with Gasteiger partial charge in [0.25, 0.3) is 0 Å². The van der Waals surface area contributed by atoms with Crippen molar-refractivity contribution in [3.63, 3.8) is 0 Å². The first-order valence-electron chi connectivity index (χ1n) is 5.87. The third-order valence-electron chi connectivity index (χ3n) is 2.52. The molecule has 102 valence electrons. The number of nitrogens with zero attached hydrogens (tertiary/aromatic N) is 1. The van der Waals surface area contributed by atoms with Gasteiger partial charge in [0.15, 0.2) is 0 Å². The fraction of sp³-hybridized carbons (Fsp3) is 0.909. The fourth-order valence-corrected chi connectivity index (χ4v) is 1.15. The predicted molar refractivity (Wildman–Crippen MR) is 60.2 cm³/mol. The lowest BCUT2D eigenvalue weighted by Crippen LogP contribution is -2.22. The van der Waals surface area contributed by atoms with E-state index >= 15 is 0 Å². The predicted octanol–water partition coefficient (Wildman–Crippen LogP) is 2.14. The third kappa shape index (κ3) is 9.05. The standard InChI is InChI=1S/C11H23NO5/c1-8(2)10(4)16-11(13)7-5-6-9(3)17-12(14)15/h8-10,14-15H,5-7H2,1-4H3. The summed E-state index contributed by atoms with van der Waals surface area (Å²) in [4.78, 5) is 15.9. The van der Waals surface area contributed by atoms with Crippen LogP contribution in [0.3, 0.4) is 0 Å². The van der Waals surface area contributed by atoms with Crippen molar-refractivity contribution in [2.24, 2.45) is 5.92 Å². The number of rotatable bonds is 8. The van der Waals surface area contributed by atoms with Gasteiger partial charge in [0.1, 0.15) is 6.10 Å². The van der Waals surface area contributed by atoms with Crippen LogP contribution in [0.5, 0.6) is 0 Å². The lowest BCUT2D eigenvalue weighted by Gasteiger charge is -2.17. The minimum Gasteiger partial charge on any atom is -0.462 e. The van der Waals surface area contributed by atoms with E-state index in [1.165, 1.54) is 0 Å². The smallest absolute Gasteiger partial charge is 0.306 e. The van der Waals surface area contributed by atoms with Crippen molar-refractivity contribution in [2.75, 3.05) is 0 Å². The topological polar surface area (TPSA) is 79.2 Å². The molecule has 2 unspecified atom stereocenters. The summed E-state index contributed by atoms with van der Waals surface area (Å²) in [7, 11) is 0. The summed E-state index contributed by atoms with van der Waals surface area (Å²) in [6, 6.07) is 0. The Morgan fingerprint density at radius 2 is 1.82 bits per heavy atom. The highest BCUT2D eigenvalue weighted by atomic mass is 17.1. The van der Waals surface area contributed by atoms with Gasteiger partial charge in [-0.2, -0.15) is 0 Å². The highest BCUT2D eigenvalue weighted by Crippen LogP contribution is 2.10. The number of hydrogen-bond donors (Lipinski definition) is 2. The van der Waals surface area contributed by atoms with E-state index in [9.17, 15) is 4.79 Å². The minimum absolute atomic E-state index is 0.0819. The Morgan fingerprint density at radius 3 is 2.29 bits per heavy atom. The Bertz CT molecular complexity index is 220. The second-order valence-corrected chi connectivity index (χ2v) is 4.50. The summed E-state index contributed by atoms with van der Waals surface area (Å²) in [5, 5.41) is 16.5. The van der Waals surface area contributed by atoms with Crippen LogP contribution in [0.15, 0.2) is 0 Å². The maximum absolute atomic E-state index is 11.4. The van der Waals surface area contributed by atoms with Crippen LogP contribution >= 0.6 is 0 Å². The van der Waals surface area contributed by atoms with Gasteiger partial charge in [0, 0.05) is 6.42 Å². The summed E-state index contributed by atoms with van der Waals surface area (Å²) < 4.78 is 5.19. The molecule has 6 heteroatoms. The van der Waals surface area contributed by atoms with Crippen molar-refractivity contribution < 1.29 is 24.8 Å². The first-order valence-corrected chi connectivity index (χ1v) is 5.87. The Hall–Kier alpha value is -0.690. The van der Waals surface area contributed by atoms with E-state index in [4.69, 9.17) is 15.2 Å². The van der Waals surface area contributed by atoms with Crippen LogP contribution in [-0.4, -0.2) is 34.0 Å². The molecule has 0 radical (unpaired) electrons. The number of esters is 1. The molecule has 0 aromatic carbocycles. The van der Waals surface area contributed by atoms with Gasteiger partial charge in [-0.25, -0.2) is 4.84 Å². The summed E-state index contributed by atoms with van der Waals surface area (Å²) in [5.41, 5.74) is 0. The van der Waals surface area contributed by atoms with Crippen LogP contribution in [0.4, 0.5) is 0 Å². The maximum atomic E-state index is 11.4. The van der Waals surface area contributed by atoms with Crippen molar-refractivity contribution in [3.8, 4) is 0 Å². The number of ether oxygens (including phenoxy) is 1. The first kappa shape index (κ1) is 16.3. The molecule has 0 saturated heterocycles. The van der Waals surface area contributed by atoms with E-state index in [2.05, 4.69) is 4.84 Å². The SMILES string of the molecule is CC(CCCC(=O)OC(C)C(C)C)ON(O)O. The van der Waals surface area contributed by atoms with E-state index < -0.39 is 0 Å². The number of carbonyl (C=O) groups is 1. The van der Waals surface area contributed by atoms with Gasteiger partial charge in [0.05, 0.1) is 11.5 Å². The molecule has 6 nitrogen and oxygen atoms in total. The third-order valence-corrected chi connectivity index (χ3v) is 2.52. The summed E-state index contributed by atoms with van der Waals surface area (Å²) in [6.07, 6.45) is 0.991. The van der Waals surface area contributed by atoms with Crippen LogP contribution in [0, 0.1) is 5.92 Å². The van der Waals surface area contributed by atoms with Crippen molar-refractivity contribution in [1.82, 2.24) is 5.39 Å². The molecule has 0 fully saturated rings. The molecule has 0 aliphatic rings. The van der Waals surface area contributed by atoms with Gasteiger partial charge in [-0.05, 0) is 32.6 Å². The summed E-state index contributed by atoms with van der Waals surface area (Å²) >= 11 is 0. The molecule has 0 aromatic heterocycles. The zero-order valence-electron chi connectivity index (χ0n) is 10.9. The van der Waals surface area contributed by atoms with Gasteiger partial charge in [-0.15, -0.1) is 0 Å². The fourth-order valence-electron chi connectivity index (χ4n) is 1.15. The molecule has 0 bridgehead atoms. The summed E-state index contributed by atoms with van der Waals surface area (Å²) in [5.74, 6) is 0.0711. The monoisotopic (exact) mass is 249 g/mol. The molecule has 0 heterocycles. The van der Waals surface area contributed by atoms with Crippen LogP contribution in [0.2, 0.25) is 0 Å². The molecular formula is C11H23NO5. The number of carbonyl (C=O) groups excluding carboxylic acids is 1. The lowest BCUT2D eigenvalue weighted by atomic mass is 10.1. The molecule has 0 aliphatic carbocycles. The minimum atomic E-state index is -0.361. The zero-order valence-corrected chi connectivity index (χ0v) is 10.9. The average molecular weight is 249 g/mol. The second-order valence-electron chi connectivity index (χ2n) is 4.50. The molecule has 0 spiro atoms. The molecule has 2 atom stereocenters. The molecule has 2 N–H and O–H groups in total. The van der Waals surface area contributed by atoms with Gasteiger partial charge >= 0.3 is 5.97 Å². The van der Waals surface area contributed by atoms with Gasteiger partial charge in [0.2, 0.25) is 0 Å². The van der Waals surface area contributed by atoms with Gasteiger partial charge in [-0.3, -0.25) is 15.2 Å². The second kappa shape index (κ2) is 8.41. The Morgan fingerprint density at radius 1 is 1.24 bits per heavy atom. The van der Waals surface area contributed by atoms with Crippen LogP contribution < -0.4 is 0 Å². The highest BCUT2D eigenvalue weighted by Gasteiger charge is 2.13. The Balaban J connectivity index is 3.64. The van der Waals surface area contributed by atoms with Crippen molar-refractivity contribution >= 4 is 5.97 Å². The Kier molecular flexibility index (Phi) is 8.07. The zero-order chi connectivity index (χ0) is 13.4. The normalized spacial score (nSPS) is 15.1. The van der Waals surface area contributed by atoms with Crippen molar-refractivity contribution in [3.05, 3.63) is 0 Å². The van der Waals surface area contributed by atoms with Crippen LogP contribution in [0.25, 0.3) is 0 Å². The number of hydrogen-bond acceptors (Lipinski definition) is 6. The highest BCUT2D eigenvalue weighted by molar-refractivity contribution is 5.69. The van der Waals surface area contributed by atoms with Crippen LogP contribution in [-0.2, 0) is 14.4 Å². The first-order chi connectivity index (χ1) is 7.82. The molecular weight excluding hydrogens is 226 g/mol. The van der Waals surface area contributed by atoms with E-state index in [0.717, 1.165) is 0 Å². The lowest BCUT2D eigenvalue weighted by molar-refractivity contribution is -0.503. The largest absolute Gasteiger partial charge is 0.462 e. The van der Waals surface area contributed by atoms with Gasteiger partial charge in [-0.1, -0.05) is 13.8 Å². The summed E-state index contributed by atoms with van der Waals surface area (Å²) in [6.45, 7) is 7.53. The molecule has 0 rings (SSSR count). The van der Waals surface area contributed by atoms with Crippen molar-refractivity contribution in [1.29, 1.82) is 0 Å². The van der Waals surface area contributed by atoms with E-state index in [-0.39, 0.29) is 23.6 Å². The molecule has 0 amide bonds. The molecule has 0 aromatic rings. The van der Waals surface area contributed by atoms with E-state index in [1.807, 2.05) is 20.8 Å². The average Bonchev–Trinajstić information content (AvgIpc) is 2.15.